The van der Waals surface area contributed by atoms with Crippen LogP contribution in [0, 0.1) is 6.92 Å². The summed E-state index contributed by atoms with van der Waals surface area (Å²) in [5, 5.41) is 3.40. The molecule has 1 aromatic rings. The zero-order chi connectivity index (χ0) is 8.43. The smallest absolute Gasteiger partial charge is 0.271 e. The molecule has 0 spiro atoms. The van der Waals surface area contributed by atoms with Crippen molar-refractivity contribution in [1.82, 2.24) is 10.3 Å². The largest absolute Gasteiger partial charge is 0.354 e. The predicted molar refractivity (Wildman–Crippen MR) is 47.9 cm³/mol. The number of hydrogen-bond donors (Lipinski definition) is 1. The standard InChI is InChI=1S/C6H7BrN2OS/c1-3-9-4(5(7)11-3)6(10)8-2/h1-2H3,(H,8,10). The van der Waals surface area contributed by atoms with E-state index in [2.05, 4.69) is 26.2 Å². The fourth-order valence-electron chi connectivity index (χ4n) is 0.661. The Labute approximate surface area is 77.0 Å². The molecule has 1 heterocycles. The van der Waals surface area contributed by atoms with Crippen molar-refractivity contribution in [1.29, 1.82) is 0 Å². The topological polar surface area (TPSA) is 42.0 Å². The summed E-state index contributed by atoms with van der Waals surface area (Å²) in [6.45, 7) is 1.86. The molecule has 1 N–H and O–H groups in total. The minimum absolute atomic E-state index is 0.152. The molecule has 0 aliphatic carbocycles. The van der Waals surface area contributed by atoms with Crippen LogP contribution in [0.4, 0.5) is 0 Å². The highest BCUT2D eigenvalue weighted by molar-refractivity contribution is 9.11. The molecule has 0 saturated carbocycles. The van der Waals surface area contributed by atoms with E-state index in [1.54, 1.807) is 7.05 Å². The highest BCUT2D eigenvalue weighted by atomic mass is 79.9. The molecular weight excluding hydrogens is 228 g/mol. The molecule has 1 aromatic heterocycles. The lowest BCUT2D eigenvalue weighted by Gasteiger charge is -1.92. The van der Waals surface area contributed by atoms with Crippen LogP contribution in [-0.4, -0.2) is 17.9 Å². The van der Waals surface area contributed by atoms with Crippen molar-refractivity contribution in [3.8, 4) is 0 Å². The lowest BCUT2D eigenvalue weighted by molar-refractivity contribution is 0.0958. The van der Waals surface area contributed by atoms with Crippen LogP contribution >= 0.6 is 27.3 Å². The molecule has 1 rings (SSSR count). The van der Waals surface area contributed by atoms with Gasteiger partial charge in [-0.05, 0) is 22.9 Å². The summed E-state index contributed by atoms with van der Waals surface area (Å²) in [5.74, 6) is -0.152. The Bertz CT molecular complexity index is 284. The maximum atomic E-state index is 11.1. The van der Waals surface area contributed by atoms with Crippen LogP contribution in [0.2, 0.25) is 0 Å². The van der Waals surface area contributed by atoms with Crippen molar-refractivity contribution < 1.29 is 4.79 Å². The van der Waals surface area contributed by atoms with Crippen molar-refractivity contribution in [2.45, 2.75) is 6.92 Å². The molecule has 0 atom stereocenters. The van der Waals surface area contributed by atoms with E-state index >= 15 is 0 Å². The van der Waals surface area contributed by atoms with Gasteiger partial charge in [-0.3, -0.25) is 4.79 Å². The Morgan fingerprint density at radius 1 is 1.73 bits per heavy atom. The molecule has 0 bridgehead atoms. The van der Waals surface area contributed by atoms with Crippen molar-refractivity contribution in [3.05, 3.63) is 14.5 Å². The summed E-state index contributed by atoms with van der Waals surface area (Å²) in [7, 11) is 1.59. The Kier molecular flexibility index (Phi) is 2.62. The summed E-state index contributed by atoms with van der Waals surface area (Å²) in [4.78, 5) is 15.1. The quantitative estimate of drug-likeness (QED) is 0.802. The van der Waals surface area contributed by atoms with E-state index < -0.39 is 0 Å². The minimum Gasteiger partial charge on any atom is -0.354 e. The number of nitrogens with zero attached hydrogens (tertiary/aromatic N) is 1. The average molecular weight is 235 g/mol. The van der Waals surface area contributed by atoms with E-state index in [1.807, 2.05) is 6.92 Å². The zero-order valence-electron chi connectivity index (χ0n) is 6.14. The monoisotopic (exact) mass is 234 g/mol. The molecule has 1 amide bonds. The Morgan fingerprint density at radius 2 is 2.36 bits per heavy atom. The number of thiazole rings is 1. The predicted octanol–water partition coefficient (Wildman–Crippen LogP) is 1.57. The minimum atomic E-state index is -0.152. The molecule has 0 aliphatic rings. The second kappa shape index (κ2) is 3.32. The van der Waals surface area contributed by atoms with E-state index in [1.165, 1.54) is 11.3 Å². The lowest BCUT2D eigenvalue weighted by Crippen LogP contribution is -2.18. The number of amides is 1. The van der Waals surface area contributed by atoms with Gasteiger partial charge >= 0.3 is 0 Å². The van der Waals surface area contributed by atoms with Gasteiger partial charge in [0, 0.05) is 7.05 Å². The first-order valence-corrected chi connectivity index (χ1v) is 4.61. The number of halogens is 1. The number of aromatic nitrogens is 1. The zero-order valence-corrected chi connectivity index (χ0v) is 8.54. The summed E-state index contributed by atoms with van der Waals surface area (Å²) >= 11 is 4.71. The third-order valence-electron chi connectivity index (χ3n) is 1.13. The molecule has 0 aromatic carbocycles. The van der Waals surface area contributed by atoms with Gasteiger partial charge in [0.15, 0.2) is 5.69 Å². The highest BCUT2D eigenvalue weighted by Gasteiger charge is 2.12. The number of rotatable bonds is 1. The van der Waals surface area contributed by atoms with Crippen molar-refractivity contribution in [2.75, 3.05) is 7.05 Å². The van der Waals surface area contributed by atoms with Crippen LogP contribution in [-0.2, 0) is 0 Å². The molecule has 0 aliphatic heterocycles. The Morgan fingerprint density at radius 3 is 2.73 bits per heavy atom. The number of aryl methyl sites for hydroxylation is 1. The Hall–Kier alpha value is -0.420. The second-order valence-corrected chi connectivity index (χ2v) is 4.46. The van der Waals surface area contributed by atoms with Crippen molar-refractivity contribution in [3.63, 3.8) is 0 Å². The van der Waals surface area contributed by atoms with Gasteiger partial charge in [0.05, 0.1) is 5.01 Å². The molecule has 11 heavy (non-hydrogen) atoms. The molecule has 0 unspecified atom stereocenters. The molecule has 60 valence electrons. The number of nitrogens with one attached hydrogen (secondary N) is 1. The van der Waals surface area contributed by atoms with Gasteiger partial charge in [0.25, 0.3) is 5.91 Å². The average Bonchev–Trinajstić information content (AvgIpc) is 2.28. The SMILES string of the molecule is CNC(=O)c1nc(C)sc1Br. The van der Waals surface area contributed by atoms with Gasteiger partial charge in [0.1, 0.15) is 3.79 Å². The highest BCUT2D eigenvalue weighted by Crippen LogP contribution is 2.23. The maximum absolute atomic E-state index is 11.1. The summed E-state index contributed by atoms with van der Waals surface area (Å²) in [6, 6.07) is 0. The molecule has 0 saturated heterocycles. The molecule has 5 heteroatoms. The third-order valence-corrected chi connectivity index (χ3v) is 2.76. The van der Waals surface area contributed by atoms with Crippen molar-refractivity contribution in [2.24, 2.45) is 0 Å². The van der Waals surface area contributed by atoms with Crippen molar-refractivity contribution >= 4 is 33.2 Å². The van der Waals surface area contributed by atoms with Gasteiger partial charge in [-0.1, -0.05) is 0 Å². The first-order valence-electron chi connectivity index (χ1n) is 3.00. The first kappa shape index (κ1) is 8.67. The number of carbonyl (C=O) groups excluding carboxylic acids is 1. The van der Waals surface area contributed by atoms with Crippen LogP contribution in [0.3, 0.4) is 0 Å². The summed E-state index contributed by atoms with van der Waals surface area (Å²) in [6.07, 6.45) is 0. The summed E-state index contributed by atoms with van der Waals surface area (Å²) < 4.78 is 0.786. The van der Waals surface area contributed by atoms with E-state index in [9.17, 15) is 4.79 Å². The van der Waals surface area contributed by atoms with E-state index in [4.69, 9.17) is 0 Å². The normalized spacial score (nSPS) is 9.73. The first-order chi connectivity index (χ1) is 5.15. The second-order valence-electron chi connectivity index (χ2n) is 1.93. The van der Waals surface area contributed by atoms with Crippen LogP contribution in [0.1, 0.15) is 15.5 Å². The van der Waals surface area contributed by atoms with Gasteiger partial charge < -0.3 is 5.32 Å². The van der Waals surface area contributed by atoms with Gasteiger partial charge in [0.2, 0.25) is 0 Å². The van der Waals surface area contributed by atoms with E-state index in [0.717, 1.165) is 8.79 Å². The Balaban J connectivity index is 3.03. The van der Waals surface area contributed by atoms with Crippen LogP contribution < -0.4 is 5.32 Å². The number of carbonyl (C=O) groups is 1. The molecule has 0 fully saturated rings. The van der Waals surface area contributed by atoms with E-state index in [-0.39, 0.29) is 5.91 Å². The van der Waals surface area contributed by atoms with Gasteiger partial charge in [-0.25, -0.2) is 4.98 Å². The third kappa shape index (κ3) is 1.78. The fraction of sp³-hybridized carbons (Fsp3) is 0.333. The van der Waals surface area contributed by atoms with Gasteiger partial charge in [-0.2, -0.15) is 0 Å². The van der Waals surface area contributed by atoms with E-state index in [0.29, 0.717) is 5.69 Å². The summed E-state index contributed by atoms with van der Waals surface area (Å²) in [5.41, 5.74) is 0.468. The maximum Gasteiger partial charge on any atom is 0.271 e. The van der Waals surface area contributed by atoms with Crippen LogP contribution in [0.25, 0.3) is 0 Å². The molecule has 3 nitrogen and oxygen atoms in total. The molecular formula is C6H7BrN2OS. The van der Waals surface area contributed by atoms with Crippen LogP contribution in [0.5, 0.6) is 0 Å². The lowest BCUT2D eigenvalue weighted by atomic mass is 10.5. The fourth-order valence-corrected chi connectivity index (χ4v) is 2.26. The van der Waals surface area contributed by atoms with Crippen LogP contribution in [0.15, 0.2) is 3.79 Å². The molecule has 0 radical (unpaired) electrons. The van der Waals surface area contributed by atoms with Gasteiger partial charge in [-0.15, -0.1) is 11.3 Å². The number of hydrogen-bond acceptors (Lipinski definition) is 3.